The molecule has 10 nitrogen and oxygen atoms in total. The third-order valence-electron chi connectivity index (χ3n) is 4.11. The van der Waals surface area contributed by atoms with Crippen molar-refractivity contribution in [3.63, 3.8) is 0 Å². The number of nitro benzene ring substituents is 1. The average Bonchev–Trinajstić information content (AvgIpc) is 3.36. The molecule has 0 unspecified atom stereocenters. The SMILES string of the molecule is C[C@H](NC(=O)c1cccc([N+](=O)[O-])c1)c1nc(-c2ccc3c(c2)OCO3)no1. The zero-order valence-corrected chi connectivity index (χ0v) is 14.6. The lowest BCUT2D eigenvalue weighted by Crippen LogP contribution is -2.26. The van der Waals surface area contributed by atoms with Crippen molar-refractivity contribution in [1.82, 2.24) is 15.5 Å². The van der Waals surface area contributed by atoms with Crippen LogP contribution in [0.25, 0.3) is 11.4 Å². The molecular formula is C18H14N4O6. The Bertz CT molecular complexity index is 1060. The summed E-state index contributed by atoms with van der Waals surface area (Å²) in [6.07, 6.45) is 0. The quantitative estimate of drug-likeness (QED) is 0.527. The Kier molecular flexibility index (Phi) is 4.36. The molecule has 1 atom stereocenters. The first-order valence-electron chi connectivity index (χ1n) is 8.30. The molecule has 0 saturated heterocycles. The number of nitro groups is 1. The van der Waals surface area contributed by atoms with Crippen molar-refractivity contribution in [1.29, 1.82) is 0 Å². The summed E-state index contributed by atoms with van der Waals surface area (Å²) in [7, 11) is 0. The summed E-state index contributed by atoms with van der Waals surface area (Å²) >= 11 is 0. The van der Waals surface area contributed by atoms with Gasteiger partial charge in [-0.1, -0.05) is 11.2 Å². The molecule has 0 radical (unpaired) electrons. The maximum absolute atomic E-state index is 12.4. The summed E-state index contributed by atoms with van der Waals surface area (Å²) in [5, 5.41) is 17.5. The van der Waals surface area contributed by atoms with E-state index in [1.807, 2.05) is 0 Å². The Morgan fingerprint density at radius 3 is 2.86 bits per heavy atom. The van der Waals surface area contributed by atoms with Crippen LogP contribution >= 0.6 is 0 Å². The van der Waals surface area contributed by atoms with Gasteiger partial charge in [0.05, 0.1) is 4.92 Å². The minimum absolute atomic E-state index is 0.163. The van der Waals surface area contributed by atoms with Crippen LogP contribution in [0, 0.1) is 10.1 Å². The average molecular weight is 382 g/mol. The molecule has 1 aromatic heterocycles. The number of fused-ring (bicyclic) bond motifs is 1. The second kappa shape index (κ2) is 6.99. The topological polar surface area (TPSA) is 130 Å². The normalized spacial score (nSPS) is 13.2. The van der Waals surface area contributed by atoms with Crippen LogP contribution in [0.1, 0.15) is 29.2 Å². The fraction of sp³-hybridized carbons (Fsp3) is 0.167. The first-order chi connectivity index (χ1) is 13.5. The molecule has 2 heterocycles. The number of carbonyl (C=O) groups is 1. The third kappa shape index (κ3) is 3.34. The lowest BCUT2D eigenvalue weighted by Gasteiger charge is -2.09. The number of benzene rings is 2. The molecular weight excluding hydrogens is 368 g/mol. The Balaban J connectivity index is 1.48. The lowest BCUT2D eigenvalue weighted by molar-refractivity contribution is -0.384. The standard InChI is InChI=1S/C18H14N4O6/c1-10(19-17(23)12-3-2-4-13(7-12)22(24)25)18-20-16(21-28-18)11-5-6-14-15(8-11)27-9-26-14/h2-8,10H,9H2,1H3,(H,19,23)/t10-/m0/s1. The van der Waals surface area contributed by atoms with Gasteiger partial charge in [0, 0.05) is 23.3 Å². The van der Waals surface area contributed by atoms with Crippen molar-refractivity contribution in [2.75, 3.05) is 6.79 Å². The number of carbonyl (C=O) groups excluding carboxylic acids is 1. The van der Waals surface area contributed by atoms with Gasteiger partial charge in [-0.3, -0.25) is 14.9 Å². The maximum atomic E-state index is 12.4. The fourth-order valence-corrected chi connectivity index (χ4v) is 2.67. The van der Waals surface area contributed by atoms with Crippen molar-refractivity contribution < 1.29 is 23.7 Å². The third-order valence-corrected chi connectivity index (χ3v) is 4.11. The molecule has 1 aliphatic heterocycles. The first-order valence-corrected chi connectivity index (χ1v) is 8.30. The smallest absolute Gasteiger partial charge is 0.270 e. The van der Waals surface area contributed by atoms with E-state index < -0.39 is 16.9 Å². The minimum atomic E-state index is -0.595. The predicted molar refractivity (Wildman–Crippen MR) is 94.8 cm³/mol. The van der Waals surface area contributed by atoms with Gasteiger partial charge in [-0.25, -0.2) is 0 Å². The van der Waals surface area contributed by atoms with E-state index in [2.05, 4.69) is 15.5 Å². The van der Waals surface area contributed by atoms with E-state index in [-0.39, 0.29) is 23.9 Å². The van der Waals surface area contributed by atoms with E-state index >= 15 is 0 Å². The summed E-state index contributed by atoms with van der Waals surface area (Å²) in [4.78, 5) is 26.9. The highest BCUT2D eigenvalue weighted by atomic mass is 16.7. The van der Waals surface area contributed by atoms with Crippen LogP contribution in [0.15, 0.2) is 47.0 Å². The summed E-state index contributed by atoms with van der Waals surface area (Å²) in [6, 6.07) is 10.1. The Morgan fingerprint density at radius 1 is 1.21 bits per heavy atom. The van der Waals surface area contributed by atoms with Crippen LogP contribution in [0.2, 0.25) is 0 Å². The highest BCUT2D eigenvalue weighted by molar-refractivity contribution is 5.95. The molecule has 0 saturated carbocycles. The second-order valence-corrected chi connectivity index (χ2v) is 6.03. The molecule has 4 rings (SSSR count). The molecule has 3 aromatic rings. The van der Waals surface area contributed by atoms with Crippen molar-refractivity contribution in [2.24, 2.45) is 0 Å². The summed E-state index contributed by atoms with van der Waals surface area (Å²) in [6.45, 7) is 1.84. The van der Waals surface area contributed by atoms with Crippen molar-refractivity contribution in [3.05, 3.63) is 64.0 Å². The molecule has 1 N–H and O–H groups in total. The number of hydrogen-bond acceptors (Lipinski definition) is 8. The van der Waals surface area contributed by atoms with E-state index in [1.165, 1.54) is 24.3 Å². The van der Waals surface area contributed by atoms with Gasteiger partial charge in [-0.05, 0) is 31.2 Å². The van der Waals surface area contributed by atoms with Crippen LogP contribution in [0.5, 0.6) is 11.5 Å². The largest absolute Gasteiger partial charge is 0.454 e. The van der Waals surface area contributed by atoms with Crippen molar-refractivity contribution in [3.8, 4) is 22.9 Å². The highest BCUT2D eigenvalue weighted by Gasteiger charge is 2.21. The fourth-order valence-electron chi connectivity index (χ4n) is 2.67. The minimum Gasteiger partial charge on any atom is -0.454 e. The Labute approximate surface area is 158 Å². The van der Waals surface area contributed by atoms with Gasteiger partial charge in [-0.15, -0.1) is 0 Å². The lowest BCUT2D eigenvalue weighted by atomic mass is 10.1. The summed E-state index contributed by atoms with van der Waals surface area (Å²) in [5.41, 5.74) is 0.677. The second-order valence-electron chi connectivity index (χ2n) is 6.03. The number of hydrogen-bond donors (Lipinski definition) is 1. The Hall–Kier alpha value is -3.95. The van der Waals surface area contributed by atoms with Gasteiger partial charge in [-0.2, -0.15) is 4.98 Å². The van der Waals surface area contributed by atoms with Crippen molar-refractivity contribution in [2.45, 2.75) is 13.0 Å². The Morgan fingerprint density at radius 2 is 2.04 bits per heavy atom. The molecule has 142 valence electrons. The zero-order chi connectivity index (χ0) is 19.7. The molecule has 0 bridgehead atoms. The number of amides is 1. The van der Waals surface area contributed by atoms with Gasteiger partial charge in [0.2, 0.25) is 18.5 Å². The van der Waals surface area contributed by atoms with Gasteiger partial charge >= 0.3 is 0 Å². The predicted octanol–water partition coefficient (Wildman–Crippen LogP) is 2.86. The monoisotopic (exact) mass is 382 g/mol. The van der Waals surface area contributed by atoms with Gasteiger partial charge < -0.3 is 19.3 Å². The molecule has 0 aliphatic carbocycles. The number of ether oxygens (including phenoxy) is 2. The van der Waals surface area contributed by atoms with E-state index in [0.29, 0.717) is 22.9 Å². The van der Waals surface area contributed by atoms with E-state index in [1.54, 1.807) is 25.1 Å². The van der Waals surface area contributed by atoms with Gasteiger partial charge in [0.25, 0.3) is 11.6 Å². The number of rotatable bonds is 5. The summed E-state index contributed by atoms with van der Waals surface area (Å²) < 4.78 is 15.8. The molecule has 1 aliphatic rings. The number of nitrogens with one attached hydrogen (secondary N) is 1. The first kappa shape index (κ1) is 17.5. The van der Waals surface area contributed by atoms with E-state index in [4.69, 9.17) is 14.0 Å². The van der Waals surface area contributed by atoms with Crippen LogP contribution in [0.3, 0.4) is 0 Å². The van der Waals surface area contributed by atoms with E-state index in [9.17, 15) is 14.9 Å². The molecule has 0 spiro atoms. The van der Waals surface area contributed by atoms with E-state index in [0.717, 1.165) is 0 Å². The molecule has 1 amide bonds. The molecule has 2 aromatic carbocycles. The van der Waals surface area contributed by atoms with Crippen LogP contribution in [0.4, 0.5) is 5.69 Å². The number of aromatic nitrogens is 2. The van der Waals surface area contributed by atoms with Gasteiger partial charge in [0.1, 0.15) is 6.04 Å². The zero-order valence-electron chi connectivity index (χ0n) is 14.6. The summed E-state index contributed by atoms with van der Waals surface area (Å²) in [5.74, 6) is 1.29. The van der Waals surface area contributed by atoms with Gasteiger partial charge in [0.15, 0.2) is 11.5 Å². The van der Waals surface area contributed by atoms with Crippen LogP contribution in [-0.4, -0.2) is 27.8 Å². The van der Waals surface area contributed by atoms with Crippen LogP contribution in [-0.2, 0) is 0 Å². The number of nitrogens with zero attached hydrogens (tertiary/aromatic N) is 3. The van der Waals surface area contributed by atoms with Crippen molar-refractivity contribution >= 4 is 11.6 Å². The maximum Gasteiger partial charge on any atom is 0.270 e. The molecule has 28 heavy (non-hydrogen) atoms. The van der Waals surface area contributed by atoms with Crippen LogP contribution < -0.4 is 14.8 Å². The number of non-ortho nitro benzene ring substituents is 1. The molecule has 10 heteroatoms. The molecule has 0 fully saturated rings. The highest BCUT2D eigenvalue weighted by Crippen LogP contribution is 2.35.